The Bertz CT molecular complexity index is 776. The Balaban J connectivity index is 2.50. The molecule has 0 amide bonds. The maximum Gasteiger partial charge on any atom is 0.313 e. The summed E-state index contributed by atoms with van der Waals surface area (Å²) in [7, 11) is 0. The predicted molar refractivity (Wildman–Crippen MR) is 165 cm³/mol. The van der Waals surface area contributed by atoms with Crippen LogP contribution in [0.25, 0.3) is 0 Å². The third-order valence-electron chi connectivity index (χ3n) is 8.37. The molecule has 3 heteroatoms. The van der Waals surface area contributed by atoms with E-state index in [4.69, 9.17) is 0 Å². The Morgan fingerprint density at radius 1 is 0.605 bits per heavy atom. The first-order valence-corrected chi connectivity index (χ1v) is 15.9. The number of aliphatic carboxylic acids is 1. The summed E-state index contributed by atoms with van der Waals surface area (Å²) in [5.74, 6) is -0.465. The van der Waals surface area contributed by atoms with Crippen LogP contribution >= 0.6 is 0 Å². The second kappa shape index (κ2) is 16.6. The van der Waals surface area contributed by atoms with Crippen LogP contribution in [0.5, 0.6) is 5.75 Å². The van der Waals surface area contributed by atoms with E-state index < -0.39 is 11.4 Å². The van der Waals surface area contributed by atoms with Crippen molar-refractivity contribution in [3.63, 3.8) is 0 Å². The molecule has 2 N–H and O–H groups in total. The molecule has 0 aliphatic carbocycles. The van der Waals surface area contributed by atoms with Gasteiger partial charge in [-0.15, -0.1) is 0 Å². The summed E-state index contributed by atoms with van der Waals surface area (Å²) in [6.45, 7) is 16.6. The summed E-state index contributed by atoms with van der Waals surface area (Å²) in [5, 5.41) is 21.4. The Morgan fingerprint density at radius 2 is 0.921 bits per heavy atom. The number of carbonyl (C=O) groups is 1. The number of rotatable bonds is 19. The highest BCUT2D eigenvalue weighted by Gasteiger charge is 2.38. The van der Waals surface area contributed by atoms with Crippen LogP contribution in [-0.2, 0) is 21.0 Å². The van der Waals surface area contributed by atoms with Crippen LogP contribution in [0.15, 0.2) is 12.1 Å². The number of carboxylic acids is 1. The van der Waals surface area contributed by atoms with E-state index in [1.54, 1.807) is 0 Å². The molecule has 0 saturated carbocycles. The van der Waals surface area contributed by atoms with Crippen LogP contribution in [0.4, 0.5) is 0 Å². The summed E-state index contributed by atoms with van der Waals surface area (Å²) in [4.78, 5) is 12.6. The minimum absolute atomic E-state index is 0.270. The Hall–Kier alpha value is -1.51. The number of carboxylic acid groups (broad SMARTS) is 1. The highest BCUT2D eigenvalue weighted by Crippen LogP contribution is 2.43. The molecule has 3 nitrogen and oxygen atoms in total. The SMILES string of the molecule is CCCCCCCCCCCCCCCCCCC(C)(C(=O)O)c1cc(C(C)(C)C)c(O)c(C(C)(C)C)c1. The summed E-state index contributed by atoms with van der Waals surface area (Å²) >= 11 is 0. The summed E-state index contributed by atoms with van der Waals surface area (Å²) < 4.78 is 0. The molecule has 1 atom stereocenters. The lowest BCUT2D eigenvalue weighted by Gasteiger charge is -2.32. The average Bonchev–Trinajstić information content (AvgIpc) is 2.82. The minimum Gasteiger partial charge on any atom is -0.507 e. The molecule has 220 valence electrons. The topological polar surface area (TPSA) is 57.5 Å². The highest BCUT2D eigenvalue weighted by molar-refractivity contribution is 5.81. The number of phenolic OH excluding ortho intramolecular Hbond substituents is 1. The van der Waals surface area contributed by atoms with Crippen LogP contribution in [0, 0.1) is 0 Å². The van der Waals surface area contributed by atoms with Gasteiger partial charge in [0.15, 0.2) is 0 Å². The van der Waals surface area contributed by atoms with E-state index in [1.807, 2.05) is 19.1 Å². The van der Waals surface area contributed by atoms with Crippen LogP contribution < -0.4 is 0 Å². The number of aromatic hydroxyl groups is 1. The van der Waals surface area contributed by atoms with Crippen LogP contribution in [0.2, 0.25) is 0 Å². The smallest absolute Gasteiger partial charge is 0.313 e. The molecule has 0 heterocycles. The molecule has 1 unspecified atom stereocenters. The van der Waals surface area contributed by atoms with Gasteiger partial charge in [0.25, 0.3) is 0 Å². The molecule has 0 bridgehead atoms. The van der Waals surface area contributed by atoms with Crippen molar-refractivity contribution >= 4 is 5.97 Å². The summed E-state index contributed by atoms with van der Waals surface area (Å²) in [5.41, 5.74) is 0.989. The molecule has 0 aromatic heterocycles. The molecule has 0 fully saturated rings. The average molecular weight is 531 g/mol. The van der Waals surface area contributed by atoms with Crippen molar-refractivity contribution < 1.29 is 15.0 Å². The molecule has 0 aliphatic heterocycles. The second-order valence-corrected chi connectivity index (χ2v) is 14.1. The van der Waals surface area contributed by atoms with E-state index in [0.29, 0.717) is 12.2 Å². The zero-order valence-electron chi connectivity index (χ0n) is 26.5. The number of benzene rings is 1. The standard InChI is InChI=1S/C35H62O3/c1-9-10-11-12-13-14-15-16-17-18-19-20-21-22-23-24-25-35(8,32(37)38)28-26-29(33(2,3)4)31(36)30(27-28)34(5,6)7/h26-27,36H,9-25H2,1-8H3,(H,37,38). The maximum absolute atomic E-state index is 12.6. The van der Waals surface area contributed by atoms with Crippen LogP contribution in [0.1, 0.15) is 181 Å². The lowest BCUT2D eigenvalue weighted by Crippen LogP contribution is -2.33. The van der Waals surface area contributed by atoms with E-state index in [9.17, 15) is 15.0 Å². The van der Waals surface area contributed by atoms with Gasteiger partial charge >= 0.3 is 5.97 Å². The third-order valence-corrected chi connectivity index (χ3v) is 8.37. The zero-order valence-corrected chi connectivity index (χ0v) is 26.5. The van der Waals surface area contributed by atoms with Gasteiger partial charge in [0, 0.05) is 0 Å². The number of phenols is 1. The largest absolute Gasteiger partial charge is 0.507 e. The quantitative estimate of drug-likeness (QED) is 0.175. The molecule has 1 aromatic rings. The Morgan fingerprint density at radius 3 is 1.21 bits per heavy atom. The maximum atomic E-state index is 12.6. The molecule has 0 aliphatic rings. The molecule has 0 saturated heterocycles. The lowest BCUT2D eigenvalue weighted by atomic mass is 9.72. The highest BCUT2D eigenvalue weighted by atomic mass is 16.4. The normalized spacial score (nSPS) is 14.0. The first-order valence-electron chi connectivity index (χ1n) is 15.9. The third kappa shape index (κ3) is 11.7. The molecule has 38 heavy (non-hydrogen) atoms. The van der Waals surface area contributed by atoms with Crippen molar-refractivity contribution in [2.75, 3.05) is 0 Å². The fraction of sp³-hybridized carbons (Fsp3) is 0.800. The fourth-order valence-corrected chi connectivity index (χ4v) is 5.50. The van der Waals surface area contributed by atoms with Gasteiger partial charge in [-0.1, -0.05) is 163 Å². The predicted octanol–water partition coefficient (Wildman–Crippen LogP) is 11.0. The van der Waals surface area contributed by atoms with Gasteiger partial charge < -0.3 is 10.2 Å². The minimum atomic E-state index is -0.955. The van der Waals surface area contributed by atoms with Gasteiger partial charge in [-0.3, -0.25) is 4.79 Å². The molecule has 0 radical (unpaired) electrons. The van der Waals surface area contributed by atoms with Gasteiger partial charge in [0.2, 0.25) is 0 Å². The van der Waals surface area contributed by atoms with E-state index in [-0.39, 0.29) is 10.8 Å². The van der Waals surface area contributed by atoms with E-state index in [2.05, 4.69) is 48.5 Å². The van der Waals surface area contributed by atoms with E-state index in [0.717, 1.165) is 29.5 Å². The van der Waals surface area contributed by atoms with Crippen LogP contribution in [0.3, 0.4) is 0 Å². The fourth-order valence-electron chi connectivity index (χ4n) is 5.50. The van der Waals surface area contributed by atoms with Crippen molar-refractivity contribution in [2.24, 2.45) is 0 Å². The molecular formula is C35H62O3. The molecule has 0 spiro atoms. The van der Waals surface area contributed by atoms with E-state index >= 15 is 0 Å². The number of unbranched alkanes of at least 4 members (excludes halogenated alkanes) is 15. The molecule has 1 rings (SSSR count). The van der Waals surface area contributed by atoms with E-state index in [1.165, 1.54) is 89.9 Å². The second-order valence-electron chi connectivity index (χ2n) is 14.1. The number of hydrogen-bond donors (Lipinski definition) is 2. The van der Waals surface area contributed by atoms with Crippen molar-refractivity contribution in [3.05, 3.63) is 28.8 Å². The molecular weight excluding hydrogens is 468 g/mol. The van der Waals surface area contributed by atoms with Gasteiger partial charge in [-0.25, -0.2) is 0 Å². The van der Waals surface area contributed by atoms with Crippen LogP contribution in [-0.4, -0.2) is 16.2 Å². The molecule has 1 aromatic carbocycles. The van der Waals surface area contributed by atoms with Crippen molar-refractivity contribution in [3.8, 4) is 5.75 Å². The van der Waals surface area contributed by atoms with Crippen molar-refractivity contribution in [2.45, 2.75) is 181 Å². The van der Waals surface area contributed by atoms with Crippen molar-refractivity contribution in [1.29, 1.82) is 0 Å². The Kier molecular flexibility index (Phi) is 15.0. The van der Waals surface area contributed by atoms with Gasteiger partial charge in [0.05, 0.1) is 5.41 Å². The number of hydrogen-bond acceptors (Lipinski definition) is 2. The Labute approximate surface area is 236 Å². The summed E-state index contributed by atoms with van der Waals surface area (Å²) in [6, 6.07) is 3.90. The van der Waals surface area contributed by atoms with Gasteiger partial charge in [0.1, 0.15) is 5.75 Å². The van der Waals surface area contributed by atoms with Gasteiger partial charge in [-0.05, 0) is 40.9 Å². The zero-order chi connectivity index (χ0) is 28.8. The summed E-state index contributed by atoms with van der Waals surface area (Å²) in [6.07, 6.45) is 21.6. The van der Waals surface area contributed by atoms with Crippen molar-refractivity contribution in [1.82, 2.24) is 0 Å². The first kappa shape index (κ1) is 34.5. The first-order chi connectivity index (χ1) is 17.7. The lowest BCUT2D eigenvalue weighted by molar-refractivity contribution is -0.143. The van der Waals surface area contributed by atoms with Gasteiger partial charge in [-0.2, -0.15) is 0 Å². The monoisotopic (exact) mass is 530 g/mol.